The first-order valence-electron chi connectivity index (χ1n) is 7.63. The van der Waals surface area contributed by atoms with Gasteiger partial charge in [-0.15, -0.1) is 0 Å². The molecule has 0 aromatic heterocycles. The quantitative estimate of drug-likeness (QED) is 0.356. The van der Waals surface area contributed by atoms with E-state index >= 15 is 0 Å². The van der Waals surface area contributed by atoms with Crippen LogP contribution in [0.25, 0.3) is 0 Å². The van der Waals surface area contributed by atoms with Crippen LogP contribution in [0.5, 0.6) is 0 Å². The summed E-state index contributed by atoms with van der Waals surface area (Å²) < 4.78 is 18.1. The topological polar surface area (TPSA) is 125 Å². The minimum absolute atomic E-state index is 0.179. The third-order valence-electron chi connectivity index (χ3n) is 2.12. The Morgan fingerprint density at radius 3 is 1.46 bits per heavy atom. The summed E-state index contributed by atoms with van der Waals surface area (Å²) in [6.07, 6.45) is -2.06. The molecule has 0 rings (SSSR count). The Morgan fingerprint density at radius 1 is 0.708 bits per heavy atom. The second-order valence-corrected chi connectivity index (χ2v) is 4.06. The average Bonchev–Trinajstić information content (AvgIpc) is 2.48. The highest BCUT2D eigenvalue weighted by atomic mass is 16.6. The highest BCUT2D eigenvalue weighted by Gasteiger charge is 2.20. The Hall–Kier alpha value is -2.16. The molecule has 0 amide bonds. The van der Waals surface area contributed by atoms with Crippen molar-refractivity contribution in [1.82, 2.24) is 0 Å². The Labute approximate surface area is 141 Å². The molecule has 0 aromatic rings. The molecular formula is C15H26O9. The summed E-state index contributed by atoms with van der Waals surface area (Å²) in [4.78, 5) is 42.8. The minimum atomic E-state index is -1.42. The standard InChI is InChI=1S/C8H14O5.C7H12O4/c1-3-12-7(10)5-6(9)8(11)13-4-2;1-3-10-6(8)5-7(9)11-4-2/h6,9H,3-5H2,1-2H3;3-5H2,1-2H3. The third-order valence-corrected chi connectivity index (χ3v) is 2.12. The zero-order valence-corrected chi connectivity index (χ0v) is 14.5. The fourth-order valence-electron chi connectivity index (χ4n) is 1.24. The lowest BCUT2D eigenvalue weighted by Crippen LogP contribution is -2.26. The molecular weight excluding hydrogens is 324 g/mol. The van der Waals surface area contributed by atoms with Gasteiger partial charge in [0.2, 0.25) is 0 Å². The van der Waals surface area contributed by atoms with Crippen LogP contribution in [0.2, 0.25) is 0 Å². The highest BCUT2D eigenvalue weighted by Crippen LogP contribution is 1.97. The number of carbonyl (C=O) groups is 4. The van der Waals surface area contributed by atoms with Crippen LogP contribution in [-0.4, -0.2) is 61.5 Å². The van der Waals surface area contributed by atoms with Crippen LogP contribution in [0, 0.1) is 0 Å². The molecule has 0 saturated heterocycles. The molecule has 0 bridgehead atoms. The SMILES string of the molecule is CCOC(=O)CC(=O)OCC.CCOC(=O)CC(O)C(=O)OCC. The average molecular weight is 350 g/mol. The molecule has 9 nitrogen and oxygen atoms in total. The van der Waals surface area contributed by atoms with Crippen molar-refractivity contribution < 1.29 is 43.2 Å². The maximum atomic E-state index is 10.8. The van der Waals surface area contributed by atoms with E-state index in [1.807, 2.05) is 0 Å². The number of aliphatic hydroxyl groups is 1. The van der Waals surface area contributed by atoms with Crippen molar-refractivity contribution in [2.24, 2.45) is 0 Å². The third kappa shape index (κ3) is 14.8. The number of ether oxygens (including phenoxy) is 4. The van der Waals surface area contributed by atoms with Crippen LogP contribution >= 0.6 is 0 Å². The number of carbonyl (C=O) groups excluding carboxylic acids is 4. The second kappa shape index (κ2) is 15.7. The normalized spacial score (nSPS) is 10.5. The van der Waals surface area contributed by atoms with Crippen LogP contribution in [0.4, 0.5) is 0 Å². The summed E-state index contributed by atoms with van der Waals surface area (Å²) in [5.74, 6) is -2.48. The number of esters is 4. The van der Waals surface area contributed by atoms with Gasteiger partial charge in [0.05, 0.1) is 32.8 Å². The lowest BCUT2D eigenvalue weighted by Gasteiger charge is -2.08. The van der Waals surface area contributed by atoms with Gasteiger partial charge in [-0.25, -0.2) is 4.79 Å². The van der Waals surface area contributed by atoms with E-state index in [1.165, 1.54) is 0 Å². The molecule has 1 atom stereocenters. The van der Waals surface area contributed by atoms with Gasteiger partial charge in [-0.05, 0) is 27.7 Å². The molecule has 1 unspecified atom stereocenters. The molecule has 0 aliphatic carbocycles. The van der Waals surface area contributed by atoms with Crippen molar-refractivity contribution >= 4 is 23.9 Å². The molecule has 0 radical (unpaired) electrons. The van der Waals surface area contributed by atoms with Gasteiger partial charge in [-0.1, -0.05) is 0 Å². The fraction of sp³-hybridized carbons (Fsp3) is 0.733. The predicted octanol–water partition coefficient (Wildman–Crippen LogP) is 0.366. The van der Waals surface area contributed by atoms with Crippen LogP contribution in [0.15, 0.2) is 0 Å². The van der Waals surface area contributed by atoms with E-state index in [4.69, 9.17) is 5.11 Å². The Balaban J connectivity index is 0. The molecule has 24 heavy (non-hydrogen) atoms. The number of hydrogen-bond acceptors (Lipinski definition) is 9. The van der Waals surface area contributed by atoms with Crippen molar-refractivity contribution in [1.29, 1.82) is 0 Å². The van der Waals surface area contributed by atoms with Gasteiger partial charge in [-0.3, -0.25) is 14.4 Å². The smallest absolute Gasteiger partial charge is 0.335 e. The van der Waals surface area contributed by atoms with Crippen LogP contribution < -0.4 is 0 Å². The Morgan fingerprint density at radius 2 is 1.08 bits per heavy atom. The van der Waals surface area contributed by atoms with Gasteiger partial charge in [0, 0.05) is 0 Å². The molecule has 1 N–H and O–H groups in total. The van der Waals surface area contributed by atoms with E-state index in [9.17, 15) is 19.2 Å². The van der Waals surface area contributed by atoms with Gasteiger partial charge in [-0.2, -0.15) is 0 Å². The zero-order valence-electron chi connectivity index (χ0n) is 14.5. The van der Waals surface area contributed by atoms with E-state index in [-0.39, 0.29) is 39.3 Å². The van der Waals surface area contributed by atoms with E-state index in [0.717, 1.165) is 0 Å². The summed E-state index contributed by atoms with van der Waals surface area (Å²) in [5, 5.41) is 9.07. The molecule has 0 heterocycles. The molecule has 140 valence electrons. The van der Waals surface area contributed by atoms with E-state index in [2.05, 4.69) is 18.9 Å². The van der Waals surface area contributed by atoms with Gasteiger partial charge in [0.25, 0.3) is 0 Å². The van der Waals surface area contributed by atoms with Crippen molar-refractivity contribution in [3.63, 3.8) is 0 Å². The summed E-state index contributed by atoms with van der Waals surface area (Å²) in [6.45, 7) is 7.62. The highest BCUT2D eigenvalue weighted by molar-refractivity contribution is 5.91. The van der Waals surface area contributed by atoms with Crippen molar-refractivity contribution in [3.8, 4) is 0 Å². The summed E-state index contributed by atoms with van der Waals surface area (Å²) in [7, 11) is 0. The summed E-state index contributed by atoms with van der Waals surface area (Å²) >= 11 is 0. The molecule has 0 spiro atoms. The van der Waals surface area contributed by atoms with E-state index in [1.54, 1.807) is 27.7 Å². The monoisotopic (exact) mass is 350 g/mol. The zero-order chi connectivity index (χ0) is 19.0. The van der Waals surface area contributed by atoms with Crippen LogP contribution in [0.1, 0.15) is 40.5 Å². The lowest BCUT2D eigenvalue weighted by atomic mass is 10.2. The first-order valence-corrected chi connectivity index (χ1v) is 7.63. The van der Waals surface area contributed by atoms with Gasteiger partial charge < -0.3 is 24.1 Å². The molecule has 0 fully saturated rings. The number of aliphatic hydroxyl groups excluding tert-OH is 1. The Bertz CT molecular complexity index is 376. The second-order valence-electron chi connectivity index (χ2n) is 4.06. The molecule has 9 heteroatoms. The van der Waals surface area contributed by atoms with Crippen molar-refractivity contribution in [2.75, 3.05) is 26.4 Å². The van der Waals surface area contributed by atoms with Gasteiger partial charge >= 0.3 is 23.9 Å². The first-order chi connectivity index (χ1) is 11.3. The lowest BCUT2D eigenvalue weighted by molar-refractivity contribution is -0.159. The van der Waals surface area contributed by atoms with Crippen LogP contribution in [-0.2, 0) is 38.1 Å². The maximum absolute atomic E-state index is 10.8. The minimum Gasteiger partial charge on any atom is -0.466 e. The first kappa shape index (κ1) is 24.1. The molecule has 0 aromatic carbocycles. The largest absolute Gasteiger partial charge is 0.466 e. The van der Waals surface area contributed by atoms with Crippen LogP contribution in [0.3, 0.4) is 0 Å². The van der Waals surface area contributed by atoms with E-state index < -0.39 is 30.0 Å². The van der Waals surface area contributed by atoms with Gasteiger partial charge in [0.15, 0.2) is 6.10 Å². The van der Waals surface area contributed by atoms with Gasteiger partial charge in [0.1, 0.15) is 6.42 Å². The van der Waals surface area contributed by atoms with E-state index in [0.29, 0.717) is 0 Å². The Kier molecular flexibility index (Phi) is 15.8. The fourth-order valence-corrected chi connectivity index (χ4v) is 1.24. The summed E-state index contributed by atoms with van der Waals surface area (Å²) in [6, 6.07) is 0. The number of hydrogen-bond donors (Lipinski definition) is 1. The molecule has 0 aliphatic heterocycles. The molecule has 0 saturated carbocycles. The molecule has 0 aliphatic rings. The van der Waals surface area contributed by atoms with Crippen molar-refractivity contribution in [2.45, 2.75) is 46.6 Å². The predicted molar refractivity (Wildman–Crippen MR) is 81.8 cm³/mol. The number of rotatable bonds is 9. The maximum Gasteiger partial charge on any atom is 0.335 e. The van der Waals surface area contributed by atoms with Crippen molar-refractivity contribution in [3.05, 3.63) is 0 Å². The summed E-state index contributed by atoms with van der Waals surface area (Å²) in [5.41, 5.74) is 0.